The Balaban J connectivity index is 1.73. The Morgan fingerprint density at radius 3 is 2.50 bits per heavy atom. The first-order valence-corrected chi connectivity index (χ1v) is 8.81. The van der Waals surface area contributed by atoms with E-state index in [4.69, 9.17) is 0 Å². The van der Waals surface area contributed by atoms with E-state index in [1.54, 1.807) is 6.92 Å². The first-order chi connectivity index (χ1) is 10.6. The second-order valence-electron chi connectivity index (χ2n) is 5.81. The van der Waals surface area contributed by atoms with Crippen LogP contribution in [0.15, 0.2) is 47.4 Å². The summed E-state index contributed by atoms with van der Waals surface area (Å²) < 4.78 is 14.9. The number of β-amino-alcohol motifs (C(OH)–C–C–N with tert-alkyl or cyclic N) is 1. The lowest BCUT2D eigenvalue weighted by atomic mass is 10.1. The zero-order valence-electron chi connectivity index (χ0n) is 12.8. The van der Waals surface area contributed by atoms with Crippen molar-refractivity contribution in [3.8, 4) is 0 Å². The van der Waals surface area contributed by atoms with Crippen LogP contribution in [0.5, 0.6) is 0 Å². The first-order valence-electron chi connectivity index (χ1n) is 7.70. The first kappa shape index (κ1) is 15.8. The average Bonchev–Trinajstić information content (AvgIpc) is 2.54. The van der Waals surface area contributed by atoms with Crippen LogP contribution in [-0.2, 0) is 11.4 Å². The third-order valence-electron chi connectivity index (χ3n) is 4.03. The van der Waals surface area contributed by atoms with Crippen molar-refractivity contribution in [3.63, 3.8) is 0 Å². The van der Waals surface area contributed by atoms with Crippen LogP contribution in [0.3, 0.4) is 0 Å². The van der Waals surface area contributed by atoms with Crippen LogP contribution in [-0.4, -0.2) is 57.7 Å². The maximum absolute atomic E-state index is 12.9. The fraction of sp³-hybridized carbons (Fsp3) is 0.412. The molecule has 118 valence electrons. The molecule has 0 aliphatic carbocycles. The highest BCUT2D eigenvalue weighted by atomic mass is 32.2. The predicted octanol–water partition coefficient (Wildman–Crippen LogP) is 1.86. The smallest absolute Gasteiger partial charge is 0.181 e. The Bertz CT molecular complexity index is 622. The van der Waals surface area contributed by atoms with Crippen LogP contribution in [0.2, 0.25) is 0 Å². The van der Waals surface area contributed by atoms with Crippen molar-refractivity contribution in [2.45, 2.75) is 17.9 Å². The molecular weight excluding hydrogens is 296 g/mol. The molecule has 0 bridgehead atoms. The van der Waals surface area contributed by atoms with Crippen LogP contribution in [0.1, 0.15) is 6.92 Å². The van der Waals surface area contributed by atoms with Gasteiger partial charge >= 0.3 is 0 Å². The number of piperazine rings is 1. The van der Waals surface area contributed by atoms with Crippen LogP contribution < -0.4 is 0 Å². The lowest BCUT2D eigenvalue weighted by Gasteiger charge is -2.34. The molecule has 5 heteroatoms. The Hall–Kier alpha value is -1.11. The van der Waals surface area contributed by atoms with Gasteiger partial charge in [-0.1, -0.05) is 30.3 Å². The molecule has 3 rings (SSSR count). The molecule has 2 aromatic carbocycles. The van der Waals surface area contributed by atoms with Crippen molar-refractivity contribution < 1.29 is 9.66 Å². The van der Waals surface area contributed by atoms with Gasteiger partial charge in [-0.2, -0.15) is 0 Å². The zero-order chi connectivity index (χ0) is 15.5. The number of aliphatic hydroxyl groups is 1. The number of fused-ring (bicyclic) bond motifs is 1. The molecule has 1 heterocycles. The Morgan fingerprint density at radius 2 is 1.77 bits per heavy atom. The monoisotopic (exact) mass is 318 g/mol. The standard InChI is InChI=1S/C17H22N2O2S/c1-14(20)13-18-9-11-19(12-10-18)22(21)17-8-4-6-15-5-2-3-7-16(15)17/h2-8,14,20H,9-13H2,1H3. The van der Waals surface area contributed by atoms with E-state index >= 15 is 0 Å². The second-order valence-corrected chi connectivity index (χ2v) is 7.26. The summed E-state index contributed by atoms with van der Waals surface area (Å²) in [6, 6.07) is 14.1. The summed E-state index contributed by atoms with van der Waals surface area (Å²) in [4.78, 5) is 3.11. The summed E-state index contributed by atoms with van der Waals surface area (Å²) in [5, 5.41) is 11.7. The fourth-order valence-electron chi connectivity index (χ4n) is 2.94. The van der Waals surface area contributed by atoms with Crippen LogP contribution in [0.25, 0.3) is 10.8 Å². The number of aliphatic hydroxyl groups excluding tert-OH is 1. The normalized spacial score (nSPS) is 20.1. The fourth-order valence-corrected chi connectivity index (χ4v) is 4.28. The lowest BCUT2D eigenvalue weighted by molar-refractivity contribution is 0.103. The summed E-state index contributed by atoms with van der Waals surface area (Å²) in [5.74, 6) is 0. The molecule has 1 fully saturated rings. The molecule has 4 nitrogen and oxygen atoms in total. The average molecular weight is 318 g/mol. The number of hydrogen-bond acceptors (Lipinski definition) is 4. The highest BCUT2D eigenvalue weighted by Crippen LogP contribution is 2.26. The molecule has 0 spiro atoms. The van der Waals surface area contributed by atoms with E-state index in [9.17, 15) is 9.66 Å². The summed E-state index contributed by atoms with van der Waals surface area (Å²) in [7, 11) is 0. The van der Waals surface area contributed by atoms with E-state index in [1.165, 1.54) is 0 Å². The van der Waals surface area contributed by atoms with Gasteiger partial charge in [0.2, 0.25) is 0 Å². The van der Waals surface area contributed by atoms with Crippen LogP contribution >= 0.6 is 0 Å². The number of benzene rings is 2. The van der Waals surface area contributed by atoms with E-state index in [-0.39, 0.29) is 6.10 Å². The summed E-state index contributed by atoms with van der Waals surface area (Å²) in [6.45, 7) is 5.73. The van der Waals surface area contributed by atoms with Crippen molar-refractivity contribution in [2.75, 3.05) is 32.7 Å². The van der Waals surface area contributed by atoms with Crippen molar-refractivity contribution in [1.82, 2.24) is 9.21 Å². The third kappa shape index (κ3) is 3.45. The maximum Gasteiger partial charge on any atom is 0.181 e. The topological polar surface area (TPSA) is 49.8 Å². The van der Waals surface area contributed by atoms with Crippen molar-refractivity contribution >= 4 is 22.1 Å². The second kappa shape index (κ2) is 6.98. The van der Waals surface area contributed by atoms with Gasteiger partial charge in [0.15, 0.2) is 4.90 Å². The van der Waals surface area contributed by atoms with Gasteiger partial charge in [-0.3, -0.25) is 4.90 Å². The molecule has 0 radical (unpaired) electrons. The van der Waals surface area contributed by atoms with Gasteiger partial charge in [-0.25, -0.2) is 0 Å². The Kier molecular flexibility index (Phi) is 5.00. The van der Waals surface area contributed by atoms with E-state index in [0.29, 0.717) is 6.54 Å². The van der Waals surface area contributed by atoms with E-state index in [1.807, 2.05) is 34.6 Å². The number of nitrogens with zero attached hydrogens (tertiary/aromatic N) is 2. The maximum atomic E-state index is 12.9. The highest BCUT2D eigenvalue weighted by Gasteiger charge is 2.28. The molecule has 1 saturated heterocycles. The van der Waals surface area contributed by atoms with Crippen LogP contribution in [0.4, 0.5) is 0 Å². The Morgan fingerprint density at radius 1 is 1.09 bits per heavy atom. The molecule has 0 saturated carbocycles. The van der Waals surface area contributed by atoms with Gasteiger partial charge in [0.1, 0.15) is 0 Å². The summed E-state index contributed by atoms with van der Waals surface area (Å²) in [5.41, 5.74) is 0. The predicted molar refractivity (Wildman–Crippen MR) is 90.1 cm³/mol. The molecule has 1 N–H and O–H groups in total. The van der Waals surface area contributed by atoms with Crippen molar-refractivity contribution in [2.24, 2.45) is 0 Å². The molecule has 2 aromatic rings. The van der Waals surface area contributed by atoms with Gasteiger partial charge in [0.25, 0.3) is 0 Å². The largest absolute Gasteiger partial charge is 0.593 e. The molecule has 2 atom stereocenters. The van der Waals surface area contributed by atoms with Gasteiger partial charge in [0, 0.05) is 25.0 Å². The molecule has 2 unspecified atom stereocenters. The highest BCUT2D eigenvalue weighted by molar-refractivity contribution is 7.89. The Labute approximate surface area is 134 Å². The SMILES string of the molecule is CC(O)CN1CCN([S+]([O-])c2cccc3ccccc23)CC1. The summed E-state index contributed by atoms with van der Waals surface area (Å²) >= 11 is -1.13. The molecule has 0 aromatic heterocycles. The molecule has 22 heavy (non-hydrogen) atoms. The van der Waals surface area contributed by atoms with Crippen molar-refractivity contribution in [3.05, 3.63) is 42.5 Å². The van der Waals surface area contributed by atoms with E-state index < -0.39 is 11.4 Å². The van der Waals surface area contributed by atoms with E-state index in [2.05, 4.69) is 17.0 Å². The van der Waals surface area contributed by atoms with Gasteiger partial charge in [-0.05, 0) is 24.4 Å². The minimum Gasteiger partial charge on any atom is -0.593 e. The lowest BCUT2D eigenvalue weighted by Crippen LogP contribution is -2.50. The minimum atomic E-state index is -1.13. The van der Waals surface area contributed by atoms with Crippen molar-refractivity contribution in [1.29, 1.82) is 0 Å². The van der Waals surface area contributed by atoms with Gasteiger partial charge in [0.05, 0.1) is 30.6 Å². The zero-order valence-corrected chi connectivity index (χ0v) is 13.6. The number of hydrogen-bond donors (Lipinski definition) is 1. The van der Waals surface area contributed by atoms with Gasteiger partial charge in [-0.15, -0.1) is 4.31 Å². The molecule has 0 amide bonds. The molecular formula is C17H22N2O2S. The van der Waals surface area contributed by atoms with Gasteiger partial charge < -0.3 is 9.66 Å². The van der Waals surface area contributed by atoms with Crippen LogP contribution in [0, 0.1) is 0 Å². The number of rotatable bonds is 4. The quantitative estimate of drug-likeness (QED) is 0.874. The summed E-state index contributed by atoms with van der Waals surface area (Å²) in [6.07, 6.45) is -0.310. The minimum absolute atomic E-state index is 0.310. The van der Waals surface area contributed by atoms with E-state index in [0.717, 1.165) is 41.8 Å². The third-order valence-corrected chi connectivity index (χ3v) is 5.59. The molecule has 1 aliphatic rings. The molecule has 1 aliphatic heterocycles.